The first-order valence-corrected chi connectivity index (χ1v) is 7.71. The molecule has 3 nitrogen and oxygen atoms in total. The Balaban J connectivity index is 1.94. The molecule has 16 heavy (non-hydrogen) atoms. The number of hydrazine groups is 1. The van der Waals surface area contributed by atoms with E-state index in [1.807, 2.05) is 6.92 Å². The van der Waals surface area contributed by atoms with Gasteiger partial charge in [-0.2, -0.15) is 11.8 Å². The molecular weight excluding hydrogens is 238 g/mol. The van der Waals surface area contributed by atoms with E-state index in [1.54, 1.807) is 11.3 Å². The second-order valence-electron chi connectivity index (χ2n) is 4.26. The SMILES string of the molecule is Cc1csc(CC(NN)C2CCCCS2)n1. The molecule has 0 radical (unpaired) electrons. The number of thiazole rings is 1. The van der Waals surface area contributed by atoms with Crippen molar-refractivity contribution in [1.82, 2.24) is 10.4 Å². The van der Waals surface area contributed by atoms with E-state index < -0.39 is 0 Å². The van der Waals surface area contributed by atoms with Gasteiger partial charge in [-0.1, -0.05) is 6.42 Å². The van der Waals surface area contributed by atoms with E-state index in [0.29, 0.717) is 11.3 Å². The Morgan fingerprint density at radius 3 is 3.06 bits per heavy atom. The van der Waals surface area contributed by atoms with Crippen molar-refractivity contribution >= 4 is 23.1 Å². The van der Waals surface area contributed by atoms with Gasteiger partial charge in [-0.15, -0.1) is 11.3 Å². The maximum Gasteiger partial charge on any atom is 0.0944 e. The van der Waals surface area contributed by atoms with E-state index in [-0.39, 0.29) is 0 Å². The number of thioether (sulfide) groups is 1. The molecule has 2 atom stereocenters. The number of aromatic nitrogens is 1. The number of hydrogen-bond acceptors (Lipinski definition) is 5. The average molecular weight is 257 g/mol. The molecule has 1 saturated heterocycles. The topological polar surface area (TPSA) is 50.9 Å². The van der Waals surface area contributed by atoms with Crippen molar-refractivity contribution in [3.63, 3.8) is 0 Å². The van der Waals surface area contributed by atoms with Crippen molar-refractivity contribution < 1.29 is 0 Å². The maximum atomic E-state index is 5.67. The van der Waals surface area contributed by atoms with Gasteiger partial charge in [-0.3, -0.25) is 11.3 Å². The third-order valence-electron chi connectivity index (χ3n) is 2.94. The molecule has 2 heterocycles. The lowest BCUT2D eigenvalue weighted by molar-refractivity contribution is 0.471. The monoisotopic (exact) mass is 257 g/mol. The van der Waals surface area contributed by atoms with Crippen LogP contribution in [0.1, 0.15) is 30.0 Å². The Bertz CT molecular complexity index is 321. The fraction of sp³-hybridized carbons (Fsp3) is 0.727. The van der Waals surface area contributed by atoms with E-state index in [4.69, 9.17) is 5.84 Å². The number of rotatable bonds is 4. The van der Waals surface area contributed by atoms with Crippen LogP contribution in [0.2, 0.25) is 0 Å². The summed E-state index contributed by atoms with van der Waals surface area (Å²) in [5, 5.41) is 3.96. The molecule has 1 aliphatic heterocycles. The van der Waals surface area contributed by atoms with Gasteiger partial charge in [-0.05, 0) is 25.5 Å². The molecule has 0 saturated carbocycles. The Hall–Kier alpha value is -0.100. The zero-order valence-corrected chi connectivity index (χ0v) is 11.2. The minimum atomic E-state index is 0.371. The molecule has 1 aliphatic rings. The van der Waals surface area contributed by atoms with Crippen LogP contribution in [0.3, 0.4) is 0 Å². The van der Waals surface area contributed by atoms with Crippen LogP contribution in [0.4, 0.5) is 0 Å². The molecule has 2 rings (SSSR count). The molecule has 0 spiro atoms. The second kappa shape index (κ2) is 6.00. The summed E-state index contributed by atoms with van der Waals surface area (Å²) >= 11 is 3.80. The van der Waals surface area contributed by atoms with Crippen LogP contribution in [0.5, 0.6) is 0 Å². The zero-order chi connectivity index (χ0) is 11.4. The van der Waals surface area contributed by atoms with Gasteiger partial charge in [0.05, 0.1) is 5.01 Å². The fourth-order valence-corrected chi connectivity index (χ4v) is 4.31. The largest absolute Gasteiger partial charge is 0.271 e. The Morgan fingerprint density at radius 2 is 2.50 bits per heavy atom. The minimum Gasteiger partial charge on any atom is -0.271 e. The minimum absolute atomic E-state index is 0.371. The van der Waals surface area contributed by atoms with Crippen molar-refractivity contribution in [3.05, 3.63) is 16.1 Å². The van der Waals surface area contributed by atoms with E-state index in [9.17, 15) is 0 Å². The lowest BCUT2D eigenvalue weighted by Gasteiger charge is -2.28. The van der Waals surface area contributed by atoms with Crippen LogP contribution in [-0.2, 0) is 6.42 Å². The van der Waals surface area contributed by atoms with Crippen LogP contribution >= 0.6 is 23.1 Å². The van der Waals surface area contributed by atoms with Gasteiger partial charge < -0.3 is 0 Å². The molecule has 5 heteroatoms. The van der Waals surface area contributed by atoms with Gasteiger partial charge in [0.1, 0.15) is 0 Å². The van der Waals surface area contributed by atoms with Crippen molar-refractivity contribution in [1.29, 1.82) is 0 Å². The predicted molar refractivity (Wildman–Crippen MR) is 71.8 cm³/mol. The normalized spacial score (nSPS) is 23.2. The first-order chi connectivity index (χ1) is 7.79. The molecule has 1 aromatic heterocycles. The molecule has 90 valence electrons. The number of aryl methyl sites for hydroxylation is 1. The Labute approximate surface area is 105 Å². The van der Waals surface area contributed by atoms with Gasteiger partial charge in [-0.25, -0.2) is 4.98 Å². The van der Waals surface area contributed by atoms with Gasteiger partial charge in [0.15, 0.2) is 0 Å². The lowest BCUT2D eigenvalue weighted by atomic mass is 10.1. The third kappa shape index (κ3) is 3.20. The highest BCUT2D eigenvalue weighted by Gasteiger charge is 2.24. The van der Waals surface area contributed by atoms with E-state index in [0.717, 1.165) is 12.1 Å². The van der Waals surface area contributed by atoms with Crippen LogP contribution in [-0.4, -0.2) is 22.0 Å². The smallest absolute Gasteiger partial charge is 0.0944 e. The quantitative estimate of drug-likeness (QED) is 0.641. The summed E-state index contributed by atoms with van der Waals surface area (Å²) in [6.07, 6.45) is 4.94. The Morgan fingerprint density at radius 1 is 1.62 bits per heavy atom. The molecule has 1 fully saturated rings. The lowest BCUT2D eigenvalue weighted by Crippen LogP contribution is -2.45. The van der Waals surface area contributed by atoms with Crippen molar-refractivity contribution in [2.24, 2.45) is 5.84 Å². The van der Waals surface area contributed by atoms with E-state index in [2.05, 4.69) is 27.6 Å². The third-order valence-corrected chi connectivity index (χ3v) is 5.44. The van der Waals surface area contributed by atoms with Crippen molar-refractivity contribution in [2.45, 2.75) is 43.9 Å². The molecular formula is C11H19N3S2. The molecule has 0 amide bonds. The van der Waals surface area contributed by atoms with Crippen molar-refractivity contribution in [2.75, 3.05) is 5.75 Å². The van der Waals surface area contributed by atoms with E-state index in [1.165, 1.54) is 30.0 Å². The summed E-state index contributed by atoms with van der Waals surface area (Å²) in [7, 11) is 0. The van der Waals surface area contributed by atoms with Crippen LogP contribution < -0.4 is 11.3 Å². The number of hydrogen-bond donors (Lipinski definition) is 2. The van der Waals surface area contributed by atoms with Gasteiger partial charge >= 0.3 is 0 Å². The highest BCUT2D eigenvalue weighted by atomic mass is 32.2. The highest BCUT2D eigenvalue weighted by molar-refractivity contribution is 8.00. The molecule has 0 bridgehead atoms. The first-order valence-electron chi connectivity index (χ1n) is 5.78. The predicted octanol–water partition coefficient (Wildman–Crippen LogP) is 2.11. The summed E-state index contributed by atoms with van der Waals surface area (Å²) in [5.41, 5.74) is 4.09. The fourth-order valence-electron chi connectivity index (χ4n) is 2.07. The standard InChI is InChI=1S/C11H19N3S2/c1-8-7-16-11(13-8)6-9(14-12)10-4-2-3-5-15-10/h7,9-10,14H,2-6,12H2,1H3. The molecule has 3 N–H and O–H groups in total. The average Bonchev–Trinajstić information content (AvgIpc) is 2.73. The molecule has 0 aromatic carbocycles. The van der Waals surface area contributed by atoms with Crippen LogP contribution in [0.25, 0.3) is 0 Å². The van der Waals surface area contributed by atoms with Gasteiger partial charge in [0.25, 0.3) is 0 Å². The van der Waals surface area contributed by atoms with Crippen LogP contribution in [0, 0.1) is 6.92 Å². The maximum absolute atomic E-state index is 5.67. The summed E-state index contributed by atoms with van der Waals surface area (Å²) in [6.45, 7) is 2.04. The van der Waals surface area contributed by atoms with Gasteiger partial charge in [0.2, 0.25) is 0 Å². The van der Waals surface area contributed by atoms with E-state index >= 15 is 0 Å². The Kier molecular flexibility index (Phi) is 4.64. The summed E-state index contributed by atoms with van der Waals surface area (Å²) in [5.74, 6) is 6.95. The highest BCUT2D eigenvalue weighted by Crippen LogP contribution is 2.29. The summed E-state index contributed by atoms with van der Waals surface area (Å²) in [4.78, 5) is 4.51. The van der Waals surface area contributed by atoms with Crippen molar-refractivity contribution in [3.8, 4) is 0 Å². The molecule has 2 unspecified atom stereocenters. The summed E-state index contributed by atoms with van der Waals surface area (Å²) < 4.78 is 0. The number of nitrogens with zero attached hydrogens (tertiary/aromatic N) is 1. The second-order valence-corrected chi connectivity index (χ2v) is 6.55. The number of nitrogens with one attached hydrogen (secondary N) is 1. The summed E-state index contributed by atoms with van der Waals surface area (Å²) in [6, 6.07) is 0.371. The van der Waals surface area contributed by atoms with Crippen LogP contribution in [0.15, 0.2) is 5.38 Å². The molecule has 0 aliphatic carbocycles. The van der Waals surface area contributed by atoms with Gasteiger partial charge in [0, 0.05) is 28.8 Å². The molecule has 1 aromatic rings. The zero-order valence-electron chi connectivity index (χ0n) is 9.61. The number of nitrogens with two attached hydrogens (primary N) is 1. The first kappa shape index (κ1) is 12.4.